The van der Waals surface area contributed by atoms with E-state index in [1.165, 1.54) is 0 Å². The lowest BCUT2D eigenvalue weighted by atomic mass is 9.94. The number of hydrogen-bond acceptors (Lipinski definition) is 8. The molecule has 3 aromatic rings. The second-order valence-electron chi connectivity index (χ2n) is 10.7. The van der Waals surface area contributed by atoms with Crippen molar-refractivity contribution < 1.29 is 28.2 Å². The van der Waals surface area contributed by atoms with Gasteiger partial charge in [0.1, 0.15) is 5.75 Å². The fraction of sp³-hybridized carbons (Fsp3) is 0.438. The molecule has 1 fully saturated rings. The fourth-order valence-electron chi connectivity index (χ4n) is 5.22. The smallest absolute Gasteiger partial charge is 0.269 e. The Bertz CT molecular complexity index is 1390. The molecule has 1 atom stereocenters. The van der Waals surface area contributed by atoms with Crippen molar-refractivity contribution in [3.05, 3.63) is 83.7 Å². The summed E-state index contributed by atoms with van der Waals surface area (Å²) in [5.74, 6) is -0.720. The topological polar surface area (TPSA) is 138 Å². The number of pyridine rings is 1. The van der Waals surface area contributed by atoms with Crippen LogP contribution >= 0.6 is 24.8 Å². The predicted molar refractivity (Wildman–Crippen MR) is 177 cm³/mol. The predicted octanol–water partition coefficient (Wildman–Crippen LogP) is 5.00. The minimum absolute atomic E-state index is 0. The number of rotatable bonds is 14. The first-order valence-corrected chi connectivity index (χ1v) is 16.4. The average Bonchev–Trinajstić information content (AvgIpc) is 3.28. The average molecular weight is 669 g/mol. The van der Waals surface area contributed by atoms with Crippen LogP contribution in [0.5, 0.6) is 5.75 Å². The number of aliphatic hydroxyl groups is 2. The number of nitrogens with zero attached hydrogens (tertiary/aromatic N) is 1. The molecule has 1 aliphatic carbocycles. The Balaban J connectivity index is 0.00000337. The van der Waals surface area contributed by atoms with Gasteiger partial charge in [-0.05, 0) is 67.8 Å². The highest BCUT2D eigenvalue weighted by atomic mass is 35.5. The highest BCUT2D eigenvalue weighted by Gasteiger charge is 2.27. The van der Waals surface area contributed by atoms with Crippen molar-refractivity contribution in [2.45, 2.75) is 63.6 Å². The van der Waals surface area contributed by atoms with E-state index in [2.05, 4.69) is 15.0 Å². The van der Waals surface area contributed by atoms with Crippen molar-refractivity contribution in [1.29, 1.82) is 0 Å². The van der Waals surface area contributed by atoms with Gasteiger partial charge in [0.25, 0.3) is 5.91 Å². The van der Waals surface area contributed by atoms with Gasteiger partial charge in [-0.2, -0.15) is 0 Å². The second-order valence-corrected chi connectivity index (χ2v) is 12.5. The maximum atomic E-state index is 13.8. The maximum Gasteiger partial charge on any atom is 0.269 e. The largest absolute Gasteiger partial charge is 0.489 e. The molecule has 1 aromatic heterocycles. The van der Waals surface area contributed by atoms with Crippen LogP contribution in [-0.4, -0.2) is 61.1 Å². The zero-order chi connectivity index (χ0) is 29.8. The first-order valence-electron chi connectivity index (χ1n) is 14.7. The van der Waals surface area contributed by atoms with Crippen LogP contribution in [0.2, 0.25) is 0 Å². The van der Waals surface area contributed by atoms with E-state index in [0.717, 1.165) is 55.2 Å². The first-order chi connectivity index (χ1) is 20.4. The lowest BCUT2D eigenvalue weighted by Gasteiger charge is -2.24. The van der Waals surface area contributed by atoms with E-state index in [1.807, 2.05) is 48.5 Å². The number of ether oxygens (including phenoxy) is 1. The normalized spacial score (nSPS) is 14.4. The third kappa shape index (κ3) is 11.0. The molecule has 0 saturated heterocycles. The summed E-state index contributed by atoms with van der Waals surface area (Å²) in [6.07, 6.45) is 9.06. The van der Waals surface area contributed by atoms with E-state index in [9.17, 15) is 18.3 Å². The molecule has 4 N–H and O–H groups in total. The van der Waals surface area contributed by atoms with Gasteiger partial charge in [0.05, 0.1) is 23.5 Å². The maximum absolute atomic E-state index is 13.8. The van der Waals surface area contributed by atoms with Gasteiger partial charge >= 0.3 is 0 Å². The molecule has 9 nitrogen and oxygen atoms in total. The van der Waals surface area contributed by atoms with Crippen molar-refractivity contribution in [1.82, 2.24) is 15.0 Å². The first kappa shape index (κ1) is 37.5. The molecule has 0 spiro atoms. The van der Waals surface area contributed by atoms with Crippen LogP contribution in [0.15, 0.2) is 67.0 Å². The number of sulfonamides is 1. The minimum Gasteiger partial charge on any atom is -0.489 e. The molecule has 4 rings (SSSR count). The molecule has 12 heteroatoms. The molecule has 242 valence electrons. The van der Waals surface area contributed by atoms with Crippen LogP contribution in [-0.2, 0) is 16.4 Å². The quantitative estimate of drug-likeness (QED) is 0.139. The van der Waals surface area contributed by atoms with Crippen molar-refractivity contribution in [3.63, 3.8) is 0 Å². The summed E-state index contributed by atoms with van der Waals surface area (Å²) in [6, 6.07) is 16.7. The van der Waals surface area contributed by atoms with E-state index in [1.54, 1.807) is 18.5 Å². The summed E-state index contributed by atoms with van der Waals surface area (Å²) in [5, 5.41) is 22.9. The molecule has 1 aliphatic rings. The molecular formula is C32H43Cl2N3O6S. The van der Waals surface area contributed by atoms with Crippen molar-refractivity contribution >= 4 is 40.7 Å². The van der Waals surface area contributed by atoms with Crippen molar-refractivity contribution in [2.75, 3.05) is 25.4 Å². The molecule has 1 saturated carbocycles. The number of amides is 1. The molecule has 2 aromatic carbocycles. The Morgan fingerprint density at radius 3 is 2.39 bits per heavy atom. The monoisotopic (exact) mass is 667 g/mol. The van der Waals surface area contributed by atoms with Crippen LogP contribution in [0.25, 0.3) is 11.1 Å². The van der Waals surface area contributed by atoms with Crippen LogP contribution in [0.4, 0.5) is 0 Å². The molecule has 0 unspecified atom stereocenters. The Hall–Kier alpha value is -2.73. The zero-order valence-electron chi connectivity index (χ0n) is 24.7. The third-order valence-electron chi connectivity index (χ3n) is 7.44. The van der Waals surface area contributed by atoms with E-state index in [4.69, 9.17) is 9.84 Å². The van der Waals surface area contributed by atoms with E-state index in [0.29, 0.717) is 30.8 Å². The highest BCUT2D eigenvalue weighted by molar-refractivity contribution is 7.90. The number of aliphatic hydroxyl groups excluding tert-OH is 2. The third-order valence-corrected chi connectivity index (χ3v) is 8.76. The fourth-order valence-corrected chi connectivity index (χ4v) is 6.21. The standard InChI is InChI=1S/C32H41N3O6S.2ClH/c36-20-9-21-42(39,40)35-32(38)30-28(24-10-4-3-5-11-24)16-15-25(31(30)41-27-13-6-1-2-7-14-27)17-19-34-23-29(37)26-12-8-18-33-22-26;;/h3-5,8,10-12,15-16,18,22,27,29,34,36-37H,1-2,6-7,9,13-14,17,19-21,23H2,(H,35,38);2*1H/t29-;;/m0../s1. The van der Waals surface area contributed by atoms with Gasteiger partial charge in [0.15, 0.2) is 0 Å². The molecule has 1 heterocycles. The summed E-state index contributed by atoms with van der Waals surface area (Å²) in [6.45, 7) is 0.528. The Kier molecular flexibility index (Phi) is 16.1. The van der Waals surface area contributed by atoms with Crippen molar-refractivity contribution in [2.24, 2.45) is 0 Å². The molecule has 0 bridgehead atoms. The van der Waals surface area contributed by atoms with E-state index in [-0.39, 0.29) is 55.3 Å². The van der Waals surface area contributed by atoms with Gasteiger partial charge in [-0.3, -0.25) is 9.78 Å². The van der Waals surface area contributed by atoms with Gasteiger partial charge in [-0.25, -0.2) is 13.1 Å². The number of benzene rings is 2. The highest BCUT2D eigenvalue weighted by Crippen LogP contribution is 2.36. The number of carbonyl (C=O) groups is 1. The van der Waals surface area contributed by atoms with Crippen LogP contribution in [0, 0.1) is 0 Å². The lowest BCUT2D eigenvalue weighted by Crippen LogP contribution is -2.34. The number of halogens is 2. The van der Waals surface area contributed by atoms with Gasteiger partial charge in [0, 0.05) is 31.1 Å². The molecule has 0 aliphatic heterocycles. The SMILES string of the molecule is Cl.Cl.O=C(NS(=O)(=O)CCCO)c1c(-c2ccccc2)ccc(CCNC[C@H](O)c2cccnc2)c1OC1CCCCCC1. The van der Waals surface area contributed by atoms with Gasteiger partial charge < -0.3 is 20.3 Å². The number of hydrogen-bond donors (Lipinski definition) is 4. The second kappa shape index (κ2) is 18.9. The van der Waals surface area contributed by atoms with Gasteiger partial charge in [-0.15, -0.1) is 24.8 Å². The Morgan fingerprint density at radius 1 is 1.00 bits per heavy atom. The van der Waals surface area contributed by atoms with E-state index < -0.39 is 22.0 Å². The van der Waals surface area contributed by atoms with E-state index >= 15 is 0 Å². The molecule has 44 heavy (non-hydrogen) atoms. The zero-order valence-corrected chi connectivity index (χ0v) is 27.1. The molecule has 0 radical (unpaired) electrons. The number of nitrogens with one attached hydrogen (secondary N) is 2. The summed E-state index contributed by atoms with van der Waals surface area (Å²) in [5.41, 5.74) is 3.03. The van der Waals surface area contributed by atoms with Crippen LogP contribution < -0.4 is 14.8 Å². The van der Waals surface area contributed by atoms with Crippen LogP contribution in [0.3, 0.4) is 0 Å². The summed E-state index contributed by atoms with van der Waals surface area (Å²) in [7, 11) is -3.98. The summed E-state index contributed by atoms with van der Waals surface area (Å²) in [4.78, 5) is 17.8. The number of carbonyl (C=O) groups excluding carboxylic acids is 1. The van der Waals surface area contributed by atoms with Gasteiger partial charge in [-0.1, -0.05) is 61.4 Å². The van der Waals surface area contributed by atoms with Crippen molar-refractivity contribution in [3.8, 4) is 16.9 Å². The molecule has 1 amide bonds. The Morgan fingerprint density at radius 2 is 1.73 bits per heavy atom. The summed E-state index contributed by atoms with van der Waals surface area (Å²) >= 11 is 0. The van der Waals surface area contributed by atoms with Crippen LogP contribution in [0.1, 0.15) is 72.5 Å². The minimum atomic E-state index is -3.98. The number of aromatic nitrogens is 1. The summed E-state index contributed by atoms with van der Waals surface area (Å²) < 4.78 is 34.3. The lowest BCUT2D eigenvalue weighted by molar-refractivity contribution is 0.0972. The Labute approximate surface area is 272 Å². The van der Waals surface area contributed by atoms with Gasteiger partial charge in [0.2, 0.25) is 10.0 Å². The molecular weight excluding hydrogens is 625 g/mol.